The molecule has 22 heavy (non-hydrogen) atoms. The zero-order valence-electron chi connectivity index (χ0n) is 12.3. The molecule has 0 saturated carbocycles. The summed E-state index contributed by atoms with van der Waals surface area (Å²) in [4.78, 5) is 27.4. The number of aryl methyl sites for hydroxylation is 1. The van der Waals surface area contributed by atoms with Gasteiger partial charge in [-0.1, -0.05) is 25.1 Å². The maximum absolute atomic E-state index is 11.9. The van der Waals surface area contributed by atoms with Crippen LogP contribution in [-0.4, -0.2) is 28.5 Å². The average molecular weight is 318 g/mol. The summed E-state index contributed by atoms with van der Waals surface area (Å²) in [7, 11) is 0. The summed E-state index contributed by atoms with van der Waals surface area (Å²) in [5, 5.41) is 15.0. The molecule has 2 N–H and O–H groups in total. The van der Waals surface area contributed by atoms with Gasteiger partial charge in [0.25, 0.3) is 0 Å². The Labute approximate surface area is 133 Å². The molecule has 0 unspecified atom stereocenters. The molecule has 0 saturated heterocycles. The first-order valence-corrected chi connectivity index (χ1v) is 7.99. The van der Waals surface area contributed by atoms with Gasteiger partial charge in [0.2, 0.25) is 5.91 Å². The van der Waals surface area contributed by atoms with Crippen LogP contribution in [0.1, 0.15) is 33.5 Å². The van der Waals surface area contributed by atoms with Crippen molar-refractivity contribution in [1.29, 1.82) is 0 Å². The second kappa shape index (κ2) is 7.70. The summed E-state index contributed by atoms with van der Waals surface area (Å²) in [6.45, 7) is 2.56. The van der Waals surface area contributed by atoms with Crippen molar-refractivity contribution in [1.82, 2.24) is 10.3 Å². The summed E-state index contributed by atoms with van der Waals surface area (Å²) in [5.74, 6) is -1.20. The molecule has 0 radical (unpaired) electrons. The molecule has 1 amide bonds. The van der Waals surface area contributed by atoms with E-state index in [1.807, 2.05) is 5.38 Å². The molecular weight excluding hydrogens is 300 g/mol. The number of carbonyl (C=O) groups excluding carboxylic acids is 1. The fourth-order valence-corrected chi connectivity index (χ4v) is 2.85. The monoisotopic (exact) mass is 318 g/mol. The molecule has 2 aromatic rings. The fraction of sp³-hybridized carbons (Fsp3) is 0.312. The van der Waals surface area contributed by atoms with E-state index in [0.717, 1.165) is 17.1 Å². The first-order chi connectivity index (χ1) is 10.6. The molecule has 0 spiro atoms. The number of carboxylic acid groups (broad SMARTS) is 1. The Balaban J connectivity index is 1.84. The van der Waals surface area contributed by atoms with Crippen LogP contribution in [0, 0.1) is 0 Å². The number of nitrogens with zero attached hydrogens (tertiary/aromatic N) is 1. The van der Waals surface area contributed by atoms with Gasteiger partial charge in [0.1, 0.15) is 0 Å². The smallest absolute Gasteiger partial charge is 0.335 e. The minimum Gasteiger partial charge on any atom is -0.478 e. The van der Waals surface area contributed by atoms with Crippen molar-refractivity contribution in [3.8, 4) is 0 Å². The van der Waals surface area contributed by atoms with Gasteiger partial charge in [-0.2, -0.15) is 0 Å². The van der Waals surface area contributed by atoms with Crippen molar-refractivity contribution < 1.29 is 14.7 Å². The Morgan fingerprint density at radius 2 is 2.09 bits per heavy atom. The topological polar surface area (TPSA) is 79.3 Å². The molecule has 6 heteroatoms. The lowest BCUT2D eigenvalue weighted by Gasteiger charge is -2.07. The van der Waals surface area contributed by atoms with Crippen molar-refractivity contribution >= 4 is 23.2 Å². The molecule has 0 fully saturated rings. The van der Waals surface area contributed by atoms with Crippen LogP contribution in [0.5, 0.6) is 0 Å². The predicted octanol–water partition coefficient (Wildman–Crippen LogP) is 2.31. The first-order valence-electron chi connectivity index (χ1n) is 7.11. The van der Waals surface area contributed by atoms with E-state index in [4.69, 9.17) is 5.11 Å². The van der Waals surface area contributed by atoms with E-state index in [0.29, 0.717) is 18.5 Å². The number of rotatable bonds is 7. The van der Waals surface area contributed by atoms with Crippen LogP contribution < -0.4 is 5.32 Å². The Bertz CT molecular complexity index is 667. The van der Waals surface area contributed by atoms with Crippen LogP contribution in [0.4, 0.5) is 0 Å². The highest BCUT2D eigenvalue weighted by atomic mass is 32.1. The van der Waals surface area contributed by atoms with Gasteiger partial charge in [0.05, 0.1) is 22.7 Å². The van der Waals surface area contributed by atoms with E-state index in [1.165, 1.54) is 6.07 Å². The van der Waals surface area contributed by atoms with Gasteiger partial charge in [-0.15, -0.1) is 11.3 Å². The average Bonchev–Trinajstić information content (AvgIpc) is 2.95. The molecule has 0 atom stereocenters. The van der Waals surface area contributed by atoms with Crippen molar-refractivity contribution in [2.24, 2.45) is 0 Å². The Morgan fingerprint density at radius 3 is 2.77 bits per heavy atom. The summed E-state index contributed by atoms with van der Waals surface area (Å²) < 4.78 is 0. The van der Waals surface area contributed by atoms with Crippen molar-refractivity contribution in [3.63, 3.8) is 0 Å². The van der Waals surface area contributed by atoms with Crippen molar-refractivity contribution in [3.05, 3.63) is 51.5 Å². The second-order valence-corrected chi connectivity index (χ2v) is 5.77. The number of nitrogens with one attached hydrogen (secondary N) is 1. The molecular formula is C16H18N2O3S. The maximum Gasteiger partial charge on any atom is 0.335 e. The van der Waals surface area contributed by atoms with Crippen LogP contribution in [0.2, 0.25) is 0 Å². The number of thiazole rings is 1. The van der Waals surface area contributed by atoms with Gasteiger partial charge in [-0.3, -0.25) is 4.79 Å². The molecule has 1 aromatic carbocycles. The number of hydrogen-bond acceptors (Lipinski definition) is 4. The summed E-state index contributed by atoms with van der Waals surface area (Å²) in [6.07, 6.45) is 1.67. The maximum atomic E-state index is 11.9. The zero-order chi connectivity index (χ0) is 15.9. The van der Waals surface area contributed by atoms with Crippen molar-refractivity contribution in [2.45, 2.75) is 26.2 Å². The highest BCUT2D eigenvalue weighted by Gasteiger charge is 2.12. The van der Waals surface area contributed by atoms with E-state index < -0.39 is 5.97 Å². The van der Waals surface area contributed by atoms with Crippen LogP contribution in [0.25, 0.3) is 0 Å². The lowest BCUT2D eigenvalue weighted by molar-refractivity contribution is -0.120. The van der Waals surface area contributed by atoms with Gasteiger partial charge >= 0.3 is 5.97 Å². The normalized spacial score (nSPS) is 10.4. The molecule has 5 nitrogen and oxygen atoms in total. The molecule has 0 aliphatic heterocycles. The quantitative estimate of drug-likeness (QED) is 0.821. The zero-order valence-corrected chi connectivity index (χ0v) is 13.2. The van der Waals surface area contributed by atoms with Crippen LogP contribution in [0.15, 0.2) is 29.6 Å². The second-order valence-electron chi connectivity index (χ2n) is 4.83. The van der Waals surface area contributed by atoms with Gasteiger partial charge < -0.3 is 10.4 Å². The number of benzene rings is 1. The van der Waals surface area contributed by atoms with Crippen LogP contribution in [0.3, 0.4) is 0 Å². The molecule has 0 bridgehead atoms. The number of carboxylic acids is 1. The Kier molecular flexibility index (Phi) is 5.66. The minimum absolute atomic E-state index is 0.0692. The number of hydrogen-bond donors (Lipinski definition) is 2. The number of carbonyl (C=O) groups is 2. The lowest BCUT2D eigenvalue weighted by Crippen LogP contribution is -2.27. The summed E-state index contributed by atoms with van der Waals surface area (Å²) in [6, 6.07) is 6.55. The standard InChI is InChI=1S/C16H18N2O3S/c1-2-15-18-12(10-22-15)7-8-17-14(19)9-11-5-3-4-6-13(11)16(20)21/h3-6,10H,2,7-9H2,1H3,(H,17,19)(H,20,21). The lowest BCUT2D eigenvalue weighted by atomic mass is 10.0. The minimum atomic E-state index is -1.02. The van der Waals surface area contributed by atoms with Gasteiger partial charge in [-0.05, 0) is 18.1 Å². The van der Waals surface area contributed by atoms with E-state index in [1.54, 1.807) is 29.5 Å². The van der Waals surface area contributed by atoms with E-state index in [9.17, 15) is 9.59 Å². The third kappa shape index (κ3) is 4.39. The first kappa shape index (κ1) is 16.2. The van der Waals surface area contributed by atoms with Gasteiger partial charge in [0.15, 0.2) is 0 Å². The third-order valence-electron chi connectivity index (χ3n) is 3.20. The van der Waals surface area contributed by atoms with Gasteiger partial charge in [-0.25, -0.2) is 9.78 Å². The van der Waals surface area contributed by atoms with E-state index in [2.05, 4.69) is 17.2 Å². The highest BCUT2D eigenvalue weighted by Crippen LogP contribution is 2.11. The number of aromatic nitrogens is 1. The number of aromatic carboxylic acids is 1. The molecule has 1 heterocycles. The summed E-state index contributed by atoms with van der Waals surface area (Å²) >= 11 is 1.63. The molecule has 2 rings (SSSR count). The summed E-state index contributed by atoms with van der Waals surface area (Å²) in [5.41, 5.74) is 1.67. The SMILES string of the molecule is CCc1nc(CCNC(=O)Cc2ccccc2C(=O)O)cs1. The third-order valence-corrected chi connectivity index (χ3v) is 4.25. The highest BCUT2D eigenvalue weighted by molar-refractivity contribution is 7.09. The molecule has 116 valence electrons. The van der Waals surface area contributed by atoms with E-state index in [-0.39, 0.29) is 17.9 Å². The van der Waals surface area contributed by atoms with Crippen LogP contribution >= 0.6 is 11.3 Å². The van der Waals surface area contributed by atoms with Crippen LogP contribution in [-0.2, 0) is 24.1 Å². The number of amides is 1. The molecule has 0 aliphatic rings. The largest absolute Gasteiger partial charge is 0.478 e. The van der Waals surface area contributed by atoms with Gasteiger partial charge in [0, 0.05) is 18.3 Å². The van der Waals surface area contributed by atoms with E-state index >= 15 is 0 Å². The molecule has 1 aromatic heterocycles. The predicted molar refractivity (Wildman–Crippen MR) is 85.3 cm³/mol. The molecule has 0 aliphatic carbocycles. The fourth-order valence-electron chi connectivity index (χ4n) is 2.07. The Morgan fingerprint density at radius 1 is 1.32 bits per heavy atom. The Hall–Kier alpha value is -2.21. The van der Waals surface area contributed by atoms with Crippen molar-refractivity contribution in [2.75, 3.05) is 6.54 Å².